The van der Waals surface area contributed by atoms with Crippen molar-refractivity contribution in [2.45, 2.75) is 33.0 Å². The quantitative estimate of drug-likeness (QED) is 0.749. The maximum atomic E-state index is 12.4. The van der Waals surface area contributed by atoms with Gasteiger partial charge in [0.25, 0.3) is 5.91 Å². The molecule has 2 amide bonds. The number of methoxy groups -OCH3 is 1. The van der Waals surface area contributed by atoms with Gasteiger partial charge in [-0.15, -0.1) is 11.3 Å². The summed E-state index contributed by atoms with van der Waals surface area (Å²) in [4.78, 5) is 38.1. The SMILES string of the molecule is COC(=O)c1c(NC(=O)CN2C[C@@H](C)O[C@@H](C)C2)sc(C(N)=O)c1C. The molecule has 9 heteroatoms. The molecule has 2 atom stereocenters. The molecular weight excluding hydrogens is 346 g/mol. The topological polar surface area (TPSA) is 111 Å². The van der Waals surface area contributed by atoms with Crippen LogP contribution >= 0.6 is 11.3 Å². The van der Waals surface area contributed by atoms with E-state index < -0.39 is 11.9 Å². The molecule has 2 rings (SSSR count). The highest BCUT2D eigenvalue weighted by atomic mass is 32.1. The van der Waals surface area contributed by atoms with Crippen LogP contribution in [0.3, 0.4) is 0 Å². The van der Waals surface area contributed by atoms with Gasteiger partial charge in [0, 0.05) is 13.1 Å². The van der Waals surface area contributed by atoms with Crippen LogP contribution in [0.2, 0.25) is 0 Å². The normalized spacial score (nSPS) is 21.0. The average Bonchev–Trinajstić information content (AvgIpc) is 2.81. The third-order valence-corrected chi connectivity index (χ3v) is 5.10. The minimum absolute atomic E-state index is 0.0487. The maximum Gasteiger partial charge on any atom is 0.341 e. The van der Waals surface area contributed by atoms with E-state index in [1.54, 1.807) is 6.92 Å². The number of hydrogen-bond donors (Lipinski definition) is 2. The van der Waals surface area contributed by atoms with Crippen molar-refractivity contribution in [3.05, 3.63) is 16.0 Å². The summed E-state index contributed by atoms with van der Waals surface area (Å²) < 4.78 is 10.4. The second-order valence-electron chi connectivity index (χ2n) is 6.12. The molecule has 25 heavy (non-hydrogen) atoms. The monoisotopic (exact) mass is 369 g/mol. The van der Waals surface area contributed by atoms with E-state index in [0.29, 0.717) is 18.7 Å². The molecule has 138 valence electrons. The van der Waals surface area contributed by atoms with E-state index in [9.17, 15) is 14.4 Å². The zero-order chi connectivity index (χ0) is 18.7. The number of esters is 1. The molecule has 8 nitrogen and oxygen atoms in total. The molecule has 0 radical (unpaired) electrons. The van der Waals surface area contributed by atoms with Gasteiger partial charge in [0.2, 0.25) is 5.91 Å². The summed E-state index contributed by atoms with van der Waals surface area (Å²) in [7, 11) is 1.24. The van der Waals surface area contributed by atoms with Crippen LogP contribution in [0.5, 0.6) is 0 Å². The number of rotatable bonds is 5. The molecule has 1 saturated heterocycles. The molecule has 0 bridgehead atoms. The van der Waals surface area contributed by atoms with Crippen molar-refractivity contribution in [3.63, 3.8) is 0 Å². The summed E-state index contributed by atoms with van der Waals surface area (Å²) in [6.45, 7) is 6.98. The second kappa shape index (κ2) is 7.94. The van der Waals surface area contributed by atoms with Crippen LogP contribution in [-0.2, 0) is 14.3 Å². The largest absolute Gasteiger partial charge is 0.465 e. The fraction of sp³-hybridized carbons (Fsp3) is 0.562. The first-order valence-corrected chi connectivity index (χ1v) is 8.73. The highest BCUT2D eigenvalue weighted by Crippen LogP contribution is 2.33. The number of nitrogens with one attached hydrogen (secondary N) is 1. The number of amides is 2. The van der Waals surface area contributed by atoms with Crippen molar-refractivity contribution in [1.82, 2.24) is 4.90 Å². The van der Waals surface area contributed by atoms with Gasteiger partial charge in [0.05, 0.1) is 36.3 Å². The average molecular weight is 369 g/mol. The molecular formula is C16H23N3O5S. The van der Waals surface area contributed by atoms with Crippen LogP contribution in [0, 0.1) is 6.92 Å². The Kier molecular flexibility index (Phi) is 6.15. The Hall–Kier alpha value is -1.97. The van der Waals surface area contributed by atoms with Crippen molar-refractivity contribution in [3.8, 4) is 0 Å². The van der Waals surface area contributed by atoms with Crippen molar-refractivity contribution in [2.75, 3.05) is 32.1 Å². The van der Waals surface area contributed by atoms with Crippen molar-refractivity contribution < 1.29 is 23.9 Å². The first-order valence-electron chi connectivity index (χ1n) is 7.92. The molecule has 2 heterocycles. The minimum Gasteiger partial charge on any atom is -0.465 e. The number of ether oxygens (including phenoxy) is 2. The maximum absolute atomic E-state index is 12.4. The molecule has 3 N–H and O–H groups in total. The summed E-state index contributed by atoms with van der Waals surface area (Å²) in [5.41, 5.74) is 5.91. The smallest absolute Gasteiger partial charge is 0.341 e. The lowest BCUT2D eigenvalue weighted by Gasteiger charge is -2.34. The highest BCUT2D eigenvalue weighted by Gasteiger charge is 2.27. The summed E-state index contributed by atoms with van der Waals surface area (Å²) in [6.07, 6.45) is 0.0975. The summed E-state index contributed by atoms with van der Waals surface area (Å²) in [5.74, 6) is -1.54. The van der Waals surface area contributed by atoms with Crippen LogP contribution in [0.4, 0.5) is 5.00 Å². The summed E-state index contributed by atoms with van der Waals surface area (Å²) in [6, 6.07) is 0. The molecule has 1 aliphatic heterocycles. The van der Waals surface area contributed by atoms with Gasteiger partial charge < -0.3 is 20.5 Å². The Labute approximate surface area is 150 Å². The Bertz CT molecular complexity index is 678. The standard InChI is InChI=1S/C16H23N3O5S/c1-8-5-19(6-9(2)24-8)7-11(20)18-15-12(16(22)23-4)10(3)13(25-15)14(17)21/h8-9H,5-7H2,1-4H3,(H2,17,21)(H,18,20)/t8-,9+. The molecule has 1 fully saturated rings. The molecule has 0 aliphatic carbocycles. The van der Waals surface area contributed by atoms with Gasteiger partial charge in [-0.1, -0.05) is 0 Å². The Morgan fingerprint density at radius 2 is 1.92 bits per heavy atom. The lowest BCUT2D eigenvalue weighted by Crippen LogP contribution is -2.48. The zero-order valence-electron chi connectivity index (χ0n) is 14.8. The minimum atomic E-state index is -0.649. The number of nitrogens with two attached hydrogens (primary N) is 1. The Morgan fingerprint density at radius 1 is 1.32 bits per heavy atom. The van der Waals surface area contributed by atoms with Gasteiger partial charge in [-0.25, -0.2) is 4.79 Å². The Morgan fingerprint density at radius 3 is 2.44 bits per heavy atom. The number of nitrogens with zero attached hydrogens (tertiary/aromatic N) is 1. The van der Waals surface area contributed by atoms with Gasteiger partial charge in [-0.3, -0.25) is 14.5 Å². The first kappa shape index (κ1) is 19.4. The predicted octanol–water partition coefficient (Wildman–Crippen LogP) is 0.990. The number of hydrogen-bond acceptors (Lipinski definition) is 7. The number of morpholine rings is 1. The van der Waals surface area contributed by atoms with Crippen molar-refractivity contribution >= 4 is 34.1 Å². The van der Waals surface area contributed by atoms with E-state index in [1.165, 1.54) is 7.11 Å². The van der Waals surface area contributed by atoms with E-state index >= 15 is 0 Å². The molecule has 1 aliphatic rings. The third kappa shape index (κ3) is 4.56. The van der Waals surface area contributed by atoms with Gasteiger partial charge in [-0.05, 0) is 26.3 Å². The molecule has 1 aromatic heterocycles. The number of anilines is 1. The van der Waals surface area contributed by atoms with Crippen LogP contribution in [0.1, 0.15) is 39.4 Å². The molecule has 0 spiro atoms. The number of thiophene rings is 1. The molecule has 1 aromatic rings. The van der Waals surface area contributed by atoms with Gasteiger partial charge >= 0.3 is 5.97 Å². The number of carbonyl (C=O) groups is 3. The third-order valence-electron chi connectivity index (χ3n) is 3.88. The van der Waals surface area contributed by atoms with Crippen LogP contribution in [0.15, 0.2) is 0 Å². The van der Waals surface area contributed by atoms with E-state index in [4.69, 9.17) is 15.2 Å². The van der Waals surface area contributed by atoms with Gasteiger partial charge in [0.15, 0.2) is 0 Å². The fourth-order valence-electron chi connectivity index (χ4n) is 2.97. The summed E-state index contributed by atoms with van der Waals surface area (Å²) in [5, 5.41) is 2.98. The zero-order valence-corrected chi connectivity index (χ0v) is 15.6. The second-order valence-corrected chi connectivity index (χ2v) is 7.14. The van der Waals surface area contributed by atoms with E-state index in [1.807, 2.05) is 18.7 Å². The van der Waals surface area contributed by atoms with Crippen molar-refractivity contribution in [2.24, 2.45) is 5.73 Å². The van der Waals surface area contributed by atoms with Crippen LogP contribution in [0.25, 0.3) is 0 Å². The van der Waals surface area contributed by atoms with E-state index in [2.05, 4.69) is 5.32 Å². The molecule has 0 aromatic carbocycles. The lowest BCUT2D eigenvalue weighted by molar-refractivity contribution is -0.121. The van der Waals surface area contributed by atoms with E-state index in [0.717, 1.165) is 11.3 Å². The van der Waals surface area contributed by atoms with Crippen LogP contribution < -0.4 is 11.1 Å². The number of primary amides is 1. The molecule has 0 saturated carbocycles. The first-order chi connectivity index (χ1) is 11.7. The van der Waals surface area contributed by atoms with Crippen LogP contribution in [-0.4, -0.2) is 61.6 Å². The lowest BCUT2D eigenvalue weighted by atomic mass is 10.1. The Balaban J connectivity index is 2.15. The molecule has 0 unspecified atom stereocenters. The van der Waals surface area contributed by atoms with Crippen molar-refractivity contribution in [1.29, 1.82) is 0 Å². The van der Waals surface area contributed by atoms with E-state index in [-0.39, 0.29) is 40.1 Å². The predicted molar refractivity (Wildman–Crippen MR) is 94.0 cm³/mol. The fourth-order valence-corrected chi connectivity index (χ4v) is 4.03. The summed E-state index contributed by atoms with van der Waals surface area (Å²) >= 11 is 0.979. The highest BCUT2D eigenvalue weighted by molar-refractivity contribution is 7.18. The van der Waals surface area contributed by atoms with Gasteiger partial charge in [-0.2, -0.15) is 0 Å². The van der Waals surface area contributed by atoms with Gasteiger partial charge in [0.1, 0.15) is 5.00 Å². The number of carbonyl (C=O) groups excluding carboxylic acids is 3.